The van der Waals surface area contributed by atoms with Crippen molar-refractivity contribution >= 4 is 29.5 Å². The number of β-lactam (4-membered cyclic amide) rings is 1. The topological polar surface area (TPSA) is 46.6 Å². The van der Waals surface area contributed by atoms with Gasteiger partial charge in [-0.3, -0.25) is 9.69 Å². The van der Waals surface area contributed by atoms with Crippen molar-refractivity contribution in [2.24, 2.45) is 0 Å². The molecule has 0 spiro atoms. The van der Waals surface area contributed by atoms with Crippen LogP contribution in [0.25, 0.3) is 0 Å². The molecule has 2 aromatic rings. The third-order valence-corrected chi connectivity index (χ3v) is 3.87. The third-order valence-electron chi connectivity index (χ3n) is 3.62. The fraction of sp³-hybridized carbons (Fsp3) is 0.176. The fourth-order valence-electron chi connectivity index (χ4n) is 2.40. The Kier molecular flexibility index (Phi) is 3.86. The van der Waals surface area contributed by atoms with E-state index in [0.717, 1.165) is 11.8 Å². The monoisotopic (exact) mass is 315 g/mol. The van der Waals surface area contributed by atoms with E-state index in [1.165, 1.54) is 4.90 Å². The molecule has 0 radical (unpaired) electrons. The molecule has 1 aliphatic heterocycles. The number of carbonyl (C=O) groups excluding carboxylic acids is 2. The third kappa shape index (κ3) is 2.57. The van der Waals surface area contributed by atoms with Crippen LogP contribution >= 0.6 is 11.6 Å². The smallest absolute Gasteiger partial charge is 0.271 e. The van der Waals surface area contributed by atoms with Gasteiger partial charge in [-0.15, -0.1) is 0 Å². The molecule has 2 atom stereocenters. The maximum atomic E-state index is 12.3. The number of hydrogen-bond acceptors (Lipinski definition) is 3. The fourth-order valence-corrected chi connectivity index (χ4v) is 2.53. The van der Waals surface area contributed by atoms with Crippen molar-refractivity contribution in [2.75, 3.05) is 4.90 Å². The predicted molar refractivity (Wildman–Crippen MR) is 84.4 cm³/mol. The van der Waals surface area contributed by atoms with Crippen molar-refractivity contribution in [2.45, 2.75) is 19.1 Å². The molecule has 1 fully saturated rings. The summed E-state index contributed by atoms with van der Waals surface area (Å²) in [5, 5.41) is 0.584. The van der Waals surface area contributed by atoms with E-state index in [2.05, 4.69) is 0 Å². The van der Waals surface area contributed by atoms with Crippen LogP contribution in [0.5, 0.6) is 5.75 Å². The van der Waals surface area contributed by atoms with Gasteiger partial charge >= 0.3 is 0 Å². The zero-order valence-electron chi connectivity index (χ0n) is 11.9. The molecule has 0 unspecified atom stereocenters. The number of rotatable bonds is 4. The zero-order chi connectivity index (χ0) is 15.7. The van der Waals surface area contributed by atoms with Gasteiger partial charge in [0.05, 0.1) is 0 Å². The van der Waals surface area contributed by atoms with Crippen molar-refractivity contribution in [1.29, 1.82) is 0 Å². The van der Waals surface area contributed by atoms with Gasteiger partial charge in [0.15, 0.2) is 0 Å². The quantitative estimate of drug-likeness (QED) is 0.643. The van der Waals surface area contributed by atoms with E-state index in [1.807, 2.05) is 31.2 Å². The summed E-state index contributed by atoms with van der Waals surface area (Å²) in [4.78, 5) is 25.1. The predicted octanol–water partition coefficient (Wildman–Crippen LogP) is 3.01. The lowest BCUT2D eigenvalue weighted by molar-refractivity contribution is -0.138. The number of amides is 1. The van der Waals surface area contributed by atoms with E-state index in [-0.39, 0.29) is 5.91 Å². The summed E-state index contributed by atoms with van der Waals surface area (Å²) >= 11 is 5.81. The number of benzene rings is 2. The highest BCUT2D eigenvalue weighted by atomic mass is 35.5. The second-order valence-electron chi connectivity index (χ2n) is 5.16. The van der Waals surface area contributed by atoms with Gasteiger partial charge in [0.2, 0.25) is 6.10 Å². The SMILES string of the molecule is Cc1ccc(N2C(=O)[C@@H](Oc3ccc(Cl)cc3)[C@@H]2C=O)cc1. The normalized spacial score (nSPS) is 20.5. The maximum Gasteiger partial charge on any atom is 0.271 e. The molecule has 112 valence electrons. The molecule has 22 heavy (non-hydrogen) atoms. The van der Waals surface area contributed by atoms with Crippen LogP contribution in [0, 0.1) is 6.92 Å². The molecule has 2 aromatic carbocycles. The number of halogens is 1. The van der Waals surface area contributed by atoms with Crippen LogP contribution in [0.2, 0.25) is 5.02 Å². The number of hydrogen-bond donors (Lipinski definition) is 0. The molecule has 4 nitrogen and oxygen atoms in total. The molecular formula is C17H14ClNO3. The van der Waals surface area contributed by atoms with E-state index in [4.69, 9.17) is 16.3 Å². The van der Waals surface area contributed by atoms with Gasteiger partial charge in [-0.2, -0.15) is 0 Å². The Morgan fingerprint density at radius 1 is 1.09 bits per heavy atom. The minimum atomic E-state index is -0.792. The summed E-state index contributed by atoms with van der Waals surface area (Å²) in [6.07, 6.45) is -0.0537. The van der Waals surface area contributed by atoms with Crippen molar-refractivity contribution in [3.63, 3.8) is 0 Å². The van der Waals surface area contributed by atoms with Gasteiger partial charge in [-0.1, -0.05) is 29.3 Å². The standard InChI is InChI=1S/C17H14ClNO3/c1-11-2-6-13(7-3-11)19-15(10-20)16(17(19)21)22-14-8-4-12(18)5-9-14/h2-10,15-16H,1H3/t15-,16-/m0/s1. The van der Waals surface area contributed by atoms with Crippen LogP contribution in [0.3, 0.4) is 0 Å². The molecule has 0 aromatic heterocycles. The zero-order valence-corrected chi connectivity index (χ0v) is 12.7. The molecule has 0 N–H and O–H groups in total. The number of aldehydes is 1. The molecule has 0 aliphatic carbocycles. The van der Waals surface area contributed by atoms with Gasteiger partial charge in [-0.25, -0.2) is 0 Å². The Hall–Kier alpha value is -2.33. The first-order valence-corrected chi connectivity index (χ1v) is 7.25. The lowest BCUT2D eigenvalue weighted by atomic mass is 9.97. The number of aryl methyl sites for hydroxylation is 1. The highest BCUT2D eigenvalue weighted by Gasteiger charge is 2.50. The molecule has 1 aliphatic rings. The van der Waals surface area contributed by atoms with Gasteiger partial charge in [0, 0.05) is 10.7 Å². The highest BCUT2D eigenvalue weighted by Crippen LogP contribution is 2.30. The van der Waals surface area contributed by atoms with Crippen molar-refractivity contribution in [3.8, 4) is 5.75 Å². The van der Waals surface area contributed by atoms with Crippen LogP contribution < -0.4 is 9.64 Å². The molecule has 1 amide bonds. The number of nitrogens with zero attached hydrogens (tertiary/aromatic N) is 1. The summed E-state index contributed by atoms with van der Waals surface area (Å²) in [5.41, 5.74) is 1.79. The number of ether oxygens (including phenoxy) is 1. The molecular weight excluding hydrogens is 302 g/mol. The van der Waals surface area contributed by atoms with Crippen molar-refractivity contribution in [3.05, 3.63) is 59.1 Å². The van der Waals surface area contributed by atoms with Crippen LogP contribution in [-0.4, -0.2) is 24.3 Å². The van der Waals surface area contributed by atoms with Crippen LogP contribution in [0.4, 0.5) is 5.69 Å². The molecule has 0 saturated carbocycles. The van der Waals surface area contributed by atoms with Crippen molar-refractivity contribution in [1.82, 2.24) is 0 Å². The van der Waals surface area contributed by atoms with Crippen molar-refractivity contribution < 1.29 is 14.3 Å². The first-order chi connectivity index (χ1) is 10.6. The summed E-state index contributed by atoms with van der Waals surface area (Å²) in [7, 11) is 0. The van der Waals surface area contributed by atoms with E-state index >= 15 is 0 Å². The highest BCUT2D eigenvalue weighted by molar-refractivity contribution is 6.30. The molecule has 1 heterocycles. The second-order valence-corrected chi connectivity index (χ2v) is 5.60. The van der Waals surface area contributed by atoms with E-state index in [9.17, 15) is 9.59 Å². The largest absolute Gasteiger partial charge is 0.478 e. The maximum absolute atomic E-state index is 12.3. The van der Waals surface area contributed by atoms with Gasteiger partial charge in [-0.05, 0) is 43.3 Å². The lowest BCUT2D eigenvalue weighted by Crippen LogP contribution is -2.68. The number of anilines is 1. The van der Waals surface area contributed by atoms with E-state index in [1.54, 1.807) is 24.3 Å². The summed E-state index contributed by atoms with van der Waals surface area (Å²) in [5.74, 6) is 0.286. The van der Waals surface area contributed by atoms with Crippen LogP contribution in [0.15, 0.2) is 48.5 Å². The van der Waals surface area contributed by atoms with Gasteiger partial charge < -0.3 is 9.53 Å². The minimum Gasteiger partial charge on any atom is -0.478 e. The van der Waals surface area contributed by atoms with Gasteiger partial charge in [0.1, 0.15) is 18.1 Å². The summed E-state index contributed by atoms with van der Waals surface area (Å²) < 4.78 is 5.62. The Labute approximate surface area is 133 Å². The Bertz CT molecular complexity index is 697. The molecule has 1 saturated heterocycles. The van der Waals surface area contributed by atoms with Crippen LogP contribution in [-0.2, 0) is 9.59 Å². The Balaban J connectivity index is 1.78. The first-order valence-electron chi connectivity index (χ1n) is 6.87. The first kappa shape index (κ1) is 14.6. The second kappa shape index (κ2) is 5.81. The van der Waals surface area contributed by atoms with Crippen LogP contribution in [0.1, 0.15) is 5.56 Å². The minimum absolute atomic E-state index is 0.226. The Morgan fingerprint density at radius 3 is 2.32 bits per heavy atom. The number of carbonyl (C=O) groups is 2. The summed E-state index contributed by atoms with van der Waals surface area (Å²) in [6, 6.07) is 13.5. The molecule has 5 heteroatoms. The molecule has 0 bridgehead atoms. The Morgan fingerprint density at radius 2 is 1.73 bits per heavy atom. The molecule has 3 rings (SSSR count). The van der Waals surface area contributed by atoms with E-state index < -0.39 is 12.1 Å². The average molecular weight is 316 g/mol. The lowest BCUT2D eigenvalue weighted by Gasteiger charge is -2.43. The van der Waals surface area contributed by atoms with E-state index in [0.29, 0.717) is 16.5 Å². The van der Waals surface area contributed by atoms with Gasteiger partial charge in [0.25, 0.3) is 5.91 Å². The summed E-state index contributed by atoms with van der Waals surface area (Å²) in [6.45, 7) is 1.96. The average Bonchev–Trinajstić information content (AvgIpc) is 2.53.